The van der Waals surface area contributed by atoms with E-state index in [-0.39, 0.29) is 11.8 Å². The lowest BCUT2D eigenvalue weighted by Crippen LogP contribution is -2.32. The summed E-state index contributed by atoms with van der Waals surface area (Å²) in [5.41, 5.74) is 0.779. The summed E-state index contributed by atoms with van der Waals surface area (Å²) in [5, 5.41) is 2.73. The second kappa shape index (κ2) is 8.96. The zero-order valence-corrected chi connectivity index (χ0v) is 14.2. The molecule has 6 heteroatoms. The van der Waals surface area contributed by atoms with Crippen molar-refractivity contribution in [2.45, 2.75) is 19.3 Å². The third-order valence-electron chi connectivity index (χ3n) is 3.95. The van der Waals surface area contributed by atoms with Crippen molar-refractivity contribution < 1.29 is 19.1 Å². The quantitative estimate of drug-likeness (QED) is 0.774. The smallest absolute Gasteiger partial charge is 0.244 e. The number of hydrogen-bond donors (Lipinski definition) is 1. The second-order valence-corrected chi connectivity index (χ2v) is 5.57. The minimum Gasteiger partial charge on any atom is -0.497 e. The average Bonchev–Trinajstić information content (AvgIpc) is 3.14. The van der Waals surface area contributed by atoms with Gasteiger partial charge in [0.05, 0.1) is 14.2 Å². The van der Waals surface area contributed by atoms with Crippen LogP contribution in [0, 0.1) is 0 Å². The first-order valence-electron chi connectivity index (χ1n) is 8.09. The van der Waals surface area contributed by atoms with Crippen molar-refractivity contribution >= 4 is 17.9 Å². The molecular weight excluding hydrogens is 308 g/mol. The highest BCUT2D eigenvalue weighted by atomic mass is 16.5. The molecular formula is C18H24N2O4. The molecule has 0 spiro atoms. The molecule has 1 N–H and O–H groups in total. The van der Waals surface area contributed by atoms with Gasteiger partial charge in [0, 0.05) is 43.8 Å². The minimum absolute atomic E-state index is 0.105. The van der Waals surface area contributed by atoms with E-state index in [4.69, 9.17) is 9.47 Å². The van der Waals surface area contributed by atoms with E-state index in [0.29, 0.717) is 24.5 Å². The van der Waals surface area contributed by atoms with Crippen LogP contribution in [-0.2, 0) is 9.59 Å². The van der Waals surface area contributed by atoms with Crippen LogP contribution in [0.1, 0.15) is 24.8 Å². The maximum atomic E-state index is 11.9. The highest BCUT2D eigenvalue weighted by molar-refractivity contribution is 5.92. The Balaban J connectivity index is 1.81. The van der Waals surface area contributed by atoms with Crippen LogP contribution in [0.15, 0.2) is 24.3 Å². The molecule has 0 aliphatic carbocycles. The van der Waals surface area contributed by atoms with Crippen LogP contribution >= 0.6 is 0 Å². The Morgan fingerprint density at radius 3 is 2.62 bits per heavy atom. The molecule has 1 saturated heterocycles. The number of likely N-dealkylation sites (tertiary alicyclic amines) is 1. The monoisotopic (exact) mass is 332 g/mol. The Bertz CT molecular complexity index is 607. The Labute approximate surface area is 142 Å². The van der Waals surface area contributed by atoms with Crippen LogP contribution in [0.5, 0.6) is 11.5 Å². The first-order chi connectivity index (χ1) is 11.6. The molecule has 0 bridgehead atoms. The Kier molecular flexibility index (Phi) is 6.66. The van der Waals surface area contributed by atoms with Gasteiger partial charge in [-0.25, -0.2) is 0 Å². The van der Waals surface area contributed by atoms with Crippen molar-refractivity contribution in [3.05, 3.63) is 29.8 Å². The Morgan fingerprint density at radius 1 is 1.21 bits per heavy atom. The lowest BCUT2D eigenvalue weighted by Gasteiger charge is -2.14. The topological polar surface area (TPSA) is 67.9 Å². The molecule has 0 atom stereocenters. The number of carbonyl (C=O) groups is 2. The fraction of sp³-hybridized carbons (Fsp3) is 0.444. The van der Waals surface area contributed by atoms with Gasteiger partial charge in [-0.2, -0.15) is 0 Å². The Hall–Kier alpha value is -2.50. The van der Waals surface area contributed by atoms with E-state index in [9.17, 15) is 9.59 Å². The van der Waals surface area contributed by atoms with E-state index >= 15 is 0 Å². The molecule has 0 aromatic heterocycles. The highest BCUT2D eigenvalue weighted by Gasteiger charge is 2.17. The normalized spacial score (nSPS) is 14.0. The molecule has 0 saturated carbocycles. The van der Waals surface area contributed by atoms with Crippen LogP contribution in [0.2, 0.25) is 0 Å². The standard InChI is InChI=1S/C18H24N2O4/c1-23-15-7-5-14(16(13-15)24-2)6-8-17(21)19-10-9-18(22)20-11-3-4-12-20/h5-8,13H,3-4,9-12H2,1-2H3,(H,19,21)/b8-6+. The summed E-state index contributed by atoms with van der Waals surface area (Å²) in [5.74, 6) is 1.19. The van der Waals surface area contributed by atoms with E-state index in [1.54, 1.807) is 32.4 Å². The van der Waals surface area contributed by atoms with E-state index in [2.05, 4.69) is 5.32 Å². The van der Waals surface area contributed by atoms with Gasteiger partial charge in [-0.15, -0.1) is 0 Å². The van der Waals surface area contributed by atoms with Gasteiger partial charge in [0.2, 0.25) is 11.8 Å². The number of benzene rings is 1. The van der Waals surface area contributed by atoms with Gasteiger partial charge >= 0.3 is 0 Å². The van der Waals surface area contributed by atoms with Crippen LogP contribution in [-0.4, -0.2) is 50.6 Å². The number of nitrogens with zero attached hydrogens (tertiary/aromatic N) is 1. The summed E-state index contributed by atoms with van der Waals surface area (Å²) in [6, 6.07) is 5.37. The van der Waals surface area contributed by atoms with E-state index in [1.165, 1.54) is 6.08 Å². The first kappa shape index (κ1) is 17.8. The van der Waals surface area contributed by atoms with Gasteiger partial charge in [0.25, 0.3) is 0 Å². The van der Waals surface area contributed by atoms with Gasteiger partial charge in [-0.05, 0) is 31.1 Å². The molecule has 1 aromatic carbocycles. The number of rotatable bonds is 7. The first-order valence-corrected chi connectivity index (χ1v) is 8.09. The number of amides is 2. The number of carbonyl (C=O) groups excluding carboxylic acids is 2. The van der Waals surface area contributed by atoms with Crippen molar-refractivity contribution in [1.29, 1.82) is 0 Å². The van der Waals surface area contributed by atoms with Crippen molar-refractivity contribution in [3.8, 4) is 11.5 Å². The summed E-state index contributed by atoms with van der Waals surface area (Å²) in [6.45, 7) is 2.02. The number of ether oxygens (including phenoxy) is 2. The van der Waals surface area contributed by atoms with Crippen molar-refractivity contribution in [2.75, 3.05) is 33.9 Å². The highest BCUT2D eigenvalue weighted by Crippen LogP contribution is 2.25. The summed E-state index contributed by atoms with van der Waals surface area (Å²) in [6.07, 6.45) is 5.60. The zero-order valence-electron chi connectivity index (χ0n) is 14.2. The molecule has 1 aliphatic heterocycles. The molecule has 1 fully saturated rings. The molecule has 0 radical (unpaired) electrons. The van der Waals surface area contributed by atoms with Crippen molar-refractivity contribution in [3.63, 3.8) is 0 Å². The molecule has 130 valence electrons. The molecule has 24 heavy (non-hydrogen) atoms. The van der Waals surface area contributed by atoms with Crippen LogP contribution in [0.25, 0.3) is 6.08 Å². The lowest BCUT2D eigenvalue weighted by molar-refractivity contribution is -0.130. The van der Waals surface area contributed by atoms with E-state index in [0.717, 1.165) is 31.5 Å². The lowest BCUT2D eigenvalue weighted by atomic mass is 10.1. The summed E-state index contributed by atoms with van der Waals surface area (Å²) >= 11 is 0. The number of nitrogens with one attached hydrogen (secondary N) is 1. The van der Waals surface area contributed by atoms with Crippen molar-refractivity contribution in [2.24, 2.45) is 0 Å². The average molecular weight is 332 g/mol. The molecule has 2 amide bonds. The minimum atomic E-state index is -0.234. The predicted octanol–water partition coefficient (Wildman–Crippen LogP) is 1.85. The van der Waals surface area contributed by atoms with Gasteiger partial charge < -0.3 is 19.7 Å². The van der Waals surface area contributed by atoms with E-state index < -0.39 is 0 Å². The zero-order chi connectivity index (χ0) is 17.4. The fourth-order valence-corrected chi connectivity index (χ4v) is 2.60. The largest absolute Gasteiger partial charge is 0.497 e. The SMILES string of the molecule is COc1ccc(/C=C/C(=O)NCCC(=O)N2CCCC2)c(OC)c1. The molecule has 0 unspecified atom stereocenters. The summed E-state index contributed by atoms with van der Waals surface area (Å²) in [7, 11) is 3.15. The molecule has 2 rings (SSSR count). The number of hydrogen-bond acceptors (Lipinski definition) is 4. The van der Waals surface area contributed by atoms with Crippen molar-refractivity contribution in [1.82, 2.24) is 10.2 Å². The predicted molar refractivity (Wildman–Crippen MR) is 92.0 cm³/mol. The van der Waals surface area contributed by atoms with Crippen LogP contribution in [0.3, 0.4) is 0 Å². The van der Waals surface area contributed by atoms with Crippen LogP contribution < -0.4 is 14.8 Å². The molecule has 6 nitrogen and oxygen atoms in total. The van der Waals surface area contributed by atoms with Gasteiger partial charge in [-0.3, -0.25) is 9.59 Å². The van der Waals surface area contributed by atoms with E-state index in [1.807, 2.05) is 11.0 Å². The van der Waals surface area contributed by atoms with Gasteiger partial charge in [0.1, 0.15) is 11.5 Å². The molecule has 1 aliphatic rings. The van der Waals surface area contributed by atoms with Gasteiger partial charge in [0.15, 0.2) is 0 Å². The maximum Gasteiger partial charge on any atom is 0.244 e. The summed E-state index contributed by atoms with van der Waals surface area (Å²) < 4.78 is 10.4. The number of methoxy groups -OCH3 is 2. The third kappa shape index (κ3) is 5.01. The fourth-order valence-electron chi connectivity index (χ4n) is 2.60. The molecule has 1 aromatic rings. The van der Waals surface area contributed by atoms with Gasteiger partial charge in [-0.1, -0.05) is 0 Å². The third-order valence-corrected chi connectivity index (χ3v) is 3.95. The Morgan fingerprint density at radius 2 is 1.96 bits per heavy atom. The molecule has 1 heterocycles. The summed E-state index contributed by atoms with van der Waals surface area (Å²) in [4.78, 5) is 25.6. The maximum absolute atomic E-state index is 11.9. The second-order valence-electron chi connectivity index (χ2n) is 5.57. The van der Waals surface area contributed by atoms with Crippen LogP contribution in [0.4, 0.5) is 0 Å².